The lowest BCUT2D eigenvalue weighted by molar-refractivity contribution is -0.162. The first-order chi connectivity index (χ1) is 12.0. The summed E-state index contributed by atoms with van der Waals surface area (Å²) in [7, 11) is 5.38. The Morgan fingerprint density at radius 1 is 1.28 bits per heavy atom. The van der Waals surface area contributed by atoms with Gasteiger partial charge in [-0.1, -0.05) is 0 Å². The summed E-state index contributed by atoms with van der Waals surface area (Å²) in [5.41, 5.74) is 0.477. The minimum atomic E-state index is -0.636. The summed E-state index contributed by atoms with van der Waals surface area (Å²) in [6.45, 7) is 3.26. The van der Waals surface area contributed by atoms with E-state index in [1.54, 1.807) is 14.2 Å². The standard InChI is InChI=1S/C19H28N2O4/c1-20-9-4-7-19(18(22)23)8-10-21(13-17(19)20)12-14-11-15(24-2)5-6-16(14)25-3/h5-6,11,17H,4,7-10,12-13H2,1-3H3,(H,22,23)/t17-,19-/m0/s1. The number of benzene rings is 1. The SMILES string of the molecule is COc1ccc(OC)c(CN2CC[C@@]3(C(=O)O)CCCN(C)[C@H]3C2)c1. The van der Waals surface area contributed by atoms with Crippen LogP contribution < -0.4 is 9.47 Å². The predicted molar refractivity (Wildman–Crippen MR) is 95.2 cm³/mol. The Kier molecular flexibility index (Phi) is 5.20. The molecular formula is C19H28N2O4. The normalized spacial score (nSPS) is 27.6. The van der Waals surface area contributed by atoms with Crippen molar-refractivity contribution in [3.8, 4) is 11.5 Å². The van der Waals surface area contributed by atoms with Crippen molar-refractivity contribution in [1.82, 2.24) is 9.80 Å². The zero-order chi connectivity index (χ0) is 18.0. The lowest BCUT2D eigenvalue weighted by Crippen LogP contribution is -2.62. The summed E-state index contributed by atoms with van der Waals surface area (Å²) in [4.78, 5) is 16.6. The Balaban J connectivity index is 1.79. The second-order valence-electron chi connectivity index (χ2n) is 7.22. The van der Waals surface area contributed by atoms with E-state index in [4.69, 9.17) is 9.47 Å². The number of ether oxygens (including phenoxy) is 2. The number of fused-ring (bicyclic) bond motifs is 1. The van der Waals surface area contributed by atoms with Gasteiger partial charge in [0.25, 0.3) is 0 Å². The average Bonchev–Trinajstić information content (AvgIpc) is 2.62. The number of aliphatic carboxylic acids is 1. The molecule has 0 saturated carbocycles. The number of rotatable bonds is 5. The molecule has 0 unspecified atom stereocenters. The van der Waals surface area contributed by atoms with Crippen molar-refractivity contribution in [2.75, 3.05) is 40.9 Å². The van der Waals surface area contributed by atoms with Crippen molar-refractivity contribution in [3.05, 3.63) is 23.8 Å². The number of hydrogen-bond donors (Lipinski definition) is 1. The molecule has 6 heteroatoms. The van der Waals surface area contributed by atoms with Crippen LogP contribution in [0, 0.1) is 5.41 Å². The number of methoxy groups -OCH3 is 2. The number of likely N-dealkylation sites (tertiary alicyclic amines) is 2. The van der Waals surface area contributed by atoms with Gasteiger partial charge in [0.1, 0.15) is 11.5 Å². The van der Waals surface area contributed by atoms with Gasteiger partial charge in [0.15, 0.2) is 0 Å². The molecule has 2 fully saturated rings. The maximum absolute atomic E-state index is 12.0. The molecule has 2 saturated heterocycles. The van der Waals surface area contributed by atoms with Crippen LogP contribution in [0.4, 0.5) is 0 Å². The molecule has 0 radical (unpaired) electrons. The molecule has 0 bridgehead atoms. The second kappa shape index (κ2) is 7.22. The van der Waals surface area contributed by atoms with E-state index in [2.05, 4.69) is 16.8 Å². The fraction of sp³-hybridized carbons (Fsp3) is 0.632. The smallest absolute Gasteiger partial charge is 0.311 e. The van der Waals surface area contributed by atoms with Gasteiger partial charge in [0.2, 0.25) is 0 Å². The molecule has 0 amide bonds. The van der Waals surface area contributed by atoms with E-state index >= 15 is 0 Å². The number of hydrogen-bond acceptors (Lipinski definition) is 5. The third kappa shape index (κ3) is 3.33. The summed E-state index contributed by atoms with van der Waals surface area (Å²) in [5.74, 6) is 1.01. The molecule has 2 atom stereocenters. The molecule has 1 N–H and O–H groups in total. The van der Waals surface area contributed by atoms with Crippen molar-refractivity contribution in [1.29, 1.82) is 0 Å². The minimum absolute atomic E-state index is 0.0594. The quantitative estimate of drug-likeness (QED) is 0.879. The highest BCUT2D eigenvalue weighted by molar-refractivity contribution is 5.76. The van der Waals surface area contributed by atoms with Gasteiger partial charge in [0, 0.05) is 24.7 Å². The summed E-state index contributed by atoms with van der Waals surface area (Å²) < 4.78 is 10.8. The molecule has 0 aliphatic carbocycles. The van der Waals surface area contributed by atoms with Gasteiger partial charge in [-0.25, -0.2) is 0 Å². The molecule has 2 aliphatic rings. The zero-order valence-corrected chi connectivity index (χ0v) is 15.3. The van der Waals surface area contributed by atoms with E-state index in [1.807, 2.05) is 18.2 Å². The van der Waals surface area contributed by atoms with Crippen LogP contribution in [-0.4, -0.2) is 67.8 Å². The molecule has 25 heavy (non-hydrogen) atoms. The third-order valence-electron chi connectivity index (χ3n) is 5.92. The first kappa shape index (κ1) is 18.0. The summed E-state index contributed by atoms with van der Waals surface area (Å²) in [6.07, 6.45) is 2.44. The number of carboxylic acid groups (broad SMARTS) is 1. The molecule has 138 valence electrons. The minimum Gasteiger partial charge on any atom is -0.497 e. The van der Waals surface area contributed by atoms with Crippen LogP contribution in [0.25, 0.3) is 0 Å². The van der Waals surface area contributed by atoms with Crippen molar-refractivity contribution in [2.24, 2.45) is 5.41 Å². The van der Waals surface area contributed by atoms with E-state index in [1.165, 1.54) is 0 Å². The van der Waals surface area contributed by atoms with Gasteiger partial charge in [-0.15, -0.1) is 0 Å². The maximum Gasteiger partial charge on any atom is 0.311 e. The monoisotopic (exact) mass is 348 g/mol. The molecular weight excluding hydrogens is 320 g/mol. The van der Waals surface area contributed by atoms with Crippen molar-refractivity contribution in [3.63, 3.8) is 0 Å². The molecule has 1 aromatic carbocycles. The van der Waals surface area contributed by atoms with E-state index in [0.29, 0.717) is 6.42 Å². The number of piperidine rings is 2. The summed E-state index contributed by atoms with van der Waals surface area (Å²) >= 11 is 0. The van der Waals surface area contributed by atoms with Crippen LogP contribution in [0.2, 0.25) is 0 Å². The Labute approximate surface area is 149 Å². The van der Waals surface area contributed by atoms with Gasteiger partial charge in [-0.05, 0) is 57.6 Å². The first-order valence-electron chi connectivity index (χ1n) is 8.87. The summed E-state index contributed by atoms with van der Waals surface area (Å²) in [6, 6.07) is 5.88. The van der Waals surface area contributed by atoms with Gasteiger partial charge in [-0.2, -0.15) is 0 Å². The van der Waals surface area contributed by atoms with Crippen LogP contribution in [0.5, 0.6) is 11.5 Å². The first-order valence-corrected chi connectivity index (χ1v) is 8.87. The van der Waals surface area contributed by atoms with Gasteiger partial charge < -0.3 is 19.5 Å². The fourth-order valence-corrected chi connectivity index (χ4v) is 4.43. The highest BCUT2D eigenvalue weighted by Crippen LogP contribution is 2.42. The second-order valence-corrected chi connectivity index (χ2v) is 7.22. The average molecular weight is 348 g/mol. The lowest BCUT2D eigenvalue weighted by atomic mass is 9.68. The molecule has 0 aromatic heterocycles. The maximum atomic E-state index is 12.0. The molecule has 0 spiro atoms. The predicted octanol–water partition coefficient (Wildman–Crippen LogP) is 2.07. The Hall–Kier alpha value is -1.79. The number of nitrogens with zero attached hydrogens (tertiary/aromatic N) is 2. The Morgan fingerprint density at radius 3 is 2.76 bits per heavy atom. The van der Waals surface area contributed by atoms with Crippen LogP contribution in [-0.2, 0) is 11.3 Å². The third-order valence-corrected chi connectivity index (χ3v) is 5.92. The van der Waals surface area contributed by atoms with E-state index < -0.39 is 11.4 Å². The highest BCUT2D eigenvalue weighted by Gasteiger charge is 2.52. The molecule has 6 nitrogen and oxygen atoms in total. The Morgan fingerprint density at radius 2 is 2.08 bits per heavy atom. The zero-order valence-electron chi connectivity index (χ0n) is 15.3. The number of carboxylic acids is 1. The molecule has 2 aliphatic heterocycles. The van der Waals surface area contributed by atoms with Crippen molar-refractivity contribution in [2.45, 2.75) is 31.8 Å². The van der Waals surface area contributed by atoms with Gasteiger partial charge in [-0.3, -0.25) is 9.69 Å². The van der Waals surface area contributed by atoms with E-state index in [-0.39, 0.29) is 6.04 Å². The van der Waals surface area contributed by atoms with Crippen LogP contribution in [0.15, 0.2) is 18.2 Å². The molecule has 2 heterocycles. The van der Waals surface area contributed by atoms with Crippen LogP contribution >= 0.6 is 0 Å². The number of carbonyl (C=O) groups is 1. The largest absolute Gasteiger partial charge is 0.497 e. The molecule has 3 rings (SSSR count). The van der Waals surface area contributed by atoms with E-state index in [9.17, 15) is 9.90 Å². The fourth-order valence-electron chi connectivity index (χ4n) is 4.43. The van der Waals surface area contributed by atoms with Crippen LogP contribution in [0.1, 0.15) is 24.8 Å². The van der Waals surface area contributed by atoms with Crippen molar-refractivity contribution >= 4 is 5.97 Å². The number of likely N-dealkylation sites (N-methyl/N-ethyl adjacent to an activating group) is 1. The van der Waals surface area contributed by atoms with Crippen molar-refractivity contribution < 1.29 is 19.4 Å². The van der Waals surface area contributed by atoms with Gasteiger partial charge >= 0.3 is 5.97 Å². The molecule has 1 aromatic rings. The van der Waals surface area contributed by atoms with E-state index in [0.717, 1.165) is 56.1 Å². The van der Waals surface area contributed by atoms with Gasteiger partial charge in [0.05, 0.1) is 19.6 Å². The van der Waals surface area contributed by atoms with Crippen LogP contribution in [0.3, 0.4) is 0 Å². The highest BCUT2D eigenvalue weighted by atomic mass is 16.5. The summed E-state index contributed by atoms with van der Waals surface area (Å²) in [5, 5.41) is 9.89. The topological polar surface area (TPSA) is 62.2 Å². The Bertz CT molecular complexity index is 636. The lowest BCUT2D eigenvalue weighted by Gasteiger charge is -2.51.